The number of anilines is 1. The van der Waals surface area contributed by atoms with E-state index in [0.29, 0.717) is 29.3 Å². The summed E-state index contributed by atoms with van der Waals surface area (Å²) < 4.78 is 28.2. The molecule has 1 aliphatic rings. The topological polar surface area (TPSA) is 117 Å². The maximum atomic E-state index is 14.1. The van der Waals surface area contributed by atoms with Gasteiger partial charge in [0.1, 0.15) is 17.5 Å². The van der Waals surface area contributed by atoms with Crippen molar-refractivity contribution in [2.45, 2.75) is 25.2 Å². The average Bonchev–Trinajstić information content (AvgIpc) is 2.76. The fraction of sp³-hybridized carbons (Fsp3) is 0.174. The highest BCUT2D eigenvalue weighted by molar-refractivity contribution is 5.67. The monoisotopic (exact) mass is 420 g/mol. The van der Waals surface area contributed by atoms with Crippen molar-refractivity contribution < 1.29 is 8.78 Å². The number of nitrogens with zero attached hydrogens (tertiary/aromatic N) is 3. The van der Waals surface area contributed by atoms with Gasteiger partial charge in [0.15, 0.2) is 0 Å². The Labute approximate surface area is 178 Å². The zero-order chi connectivity index (χ0) is 22.0. The third kappa shape index (κ3) is 4.23. The van der Waals surface area contributed by atoms with Crippen LogP contribution < -0.4 is 17.2 Å². The van der Waals surface area contributed by atoms with Crippen LogP contribution in [0.1, 0.15) is 36.4 Å². The summed E-state index contributed by atoms with van der Waals surface area (Å²) in [4.78, 5) is 13.1. The van der Waals surface area contributed by atoms with Crippen LogP contribution in [0.3, 0.4) is 0 Å². The van der Waals surface area contributed by atoms with Crippen molar-refractivity contribution in [2.75, 3.05) is 5.73 Å². The lowest BCUT2D eigenvalue weighted by Crippen LogP contribution is -2.19. The van der Waals surface area contributed by atoms with Gasteiger partial charge in [0.05, 0.1) is 23.1 Å². The number of nitrogen functional groups attached to an aromatic ring is 1. The molecule has 4 rings (SSSR count). The summed E-state index contributed by atoms with van der Waals surface area (Å²) in [5, 5.41) is 0. The lowest BCUT2D eigenvalue weighted by Gasteiger charge is -2.25. The highest BCUT2D eigenvalue weighted by Crippen LogP contribution is 2.36. The van der Waals surface area contributed by atoms with Crippen molar-refractivity contribution in [1.29, 1.82) is 0 Å². The van der Waals surface area contributed by atoms with E-state index in [4.69, 9.17) is 22.2 Å². The van der Waals surface area contributed by atoms with Crippen molar-refractivity contribution in [1.82, 2.24) is 15.0 Å². The molecule has 158 valence electrons. The molecular formula is C23H22F2N6. The van der Waals surface area contributed by atoms with Crippen LogP contribution in [0.2, 0.25) is 0 Å². The van der Waals surface area contributed by atoms with Crippen LogP contribution in [0.15, 0.2) is 66.3 Å². The van der Waals surface area contributed by atoms with Crippen LogP contribution in [0.4, 0.5) is 14.6 Å². The molecule has 0 bridgehead atoms. The Hall–Kier alpha value is -3.81. The van der Waals surface area contributed by atoms with E-state index in [1.54, 1.807) is 30.7 Å². The molecule has 1 atom stereocenters. The second-order valence-electron chi connectivity index (χ2n) is 7.42. The van der Waals surface area contributed by atoms with Crippen LogP contribution in [0, 0.1) is 11.6 Å². The maximum Gasteiger partial charge on any atom is 0.135 e. The highest BCUT2D eigenvalue weighted by atomic mass is 19.1. The smallest absolute Gasteiger partial charge is 0.135 e. The van der Waals surface area contributed by atoms with E-state index in [9.17, 15) is 8.78 Å². The van der Waals surface area contributed by atoms with Crippen molar-refractivity contribution in [3.63, 3.8) is 0 Å². The summed E-state index contributed by atoms with van der Waals surface area (Å²) in [7, 11) is 0. The molecule has 1 aromatic carbocycles. The van der Waals surface area contributed by atoms with Crippen molar-refractivity contribution in [3.8, 4) is 11.3 Å². The molecule has 0 spiro atoms. The fourth-order valence-corrected chi connectivity index (χ4v) is 3.76. The Morgan fingerprint density at radius 3 is 2.52 bits per heavy atom. The molecule has 31 heavy (non-hydrogen) atoms. The minimum Gasteiger partial charge on any atom is -0.401 e. The fourth-order valence-electron chi connectivity index (χ4n) is 3.76. The molecule has 6 nitrogen and oxygen atoms in total. The number of hydrogen-bond acceptors (Lipinski definition) is 6. The first-order chi connectivity index (χ1) is 14.9. The number of nitrogens with two attached hydrogens (primary N) is 3. The van der Waals surface area contributed by atoms with Gasteiger partial charge in [0.25, 0.3) is 0 Å². The lowest BCUT2D eigenvalue weighted by atomic mass is 9.84. The number of pyridine rings is 1. The first-order valence-electron chi connectivity index (χ1n) is 9.88. The Morgan fingerprint density at radius 1 is 1.03 bits per heavy atom. The van der Waals surface area contributed by atoms with Gasteiger partial charge in [-0.05, 0) is 55.2 Å². The maximum absolute atomic E-state index is 14.1. The minimum absolute atomic E-state index is 0.00184. The van der Waals surface area contributed by atoms with E-state index in [1.807, 2.05) is 6.07 Å². The zero-order valence-corrected chi connectivity index (χ0v) is 16.7. The average molecular weight is 420 g/mol. The number of benzene rings is 1. The van der Waals surface area contributed by atoms with Gasteiger partial charge in [-0.3, -0.25) is 4.98 Å². The van der Waals surface area contributed by atoms with E-state index in [2.05, 4.69) is 9.97 Å². The molecule has 0 saturated carbocycles. The molecule has 6 N–H and O–H groups in total. The minimum atomic E-state index is -0.712. The number of rotatable bonds is 4. The quantitative estimate of drug-likeness (QED) is 0.590. The summed E-state index contributed by atoms with van der Waals surface area (Å²) in [5.74, 6) is -1.17. The molecule has 1 aliphatic carbocycles. The number of aromatic nitrogens is 3. The van der Waals surface area contributed by atoms with Crippen molar-refractivity contribution in [3.05, 3.63) is 89.2 Å². The summed E-state index contributed by atoms with van der Waals surface area (Å²) in [6, 6.07) is 7.18. The Morgan fingerprint density at radius 2 is 1.81 bits per heavy atom. The molecule has 0 fully saturated rings. The number of halogens is 2. The van der Waals surface area contributed by atoms with E-state index >= 15 is 0 Å². The van der Waals surface area contributed by atoms with Crippen LogP contribution in [-0.2, 0) is 0 Å². The Balaban J connectivity index is 1.68. The SMILES string of the molecule is NC1=C(/C=C(\N)c2c(F)cccc2F)CCCC1c1cncc(-c2ccc(N)nc2)n1. The lowest BCUT2D eigenvalue weighted by molar-refractivity contribution is 0.576. The largest absolute Gasteiger partial charge is 0.401 e. The summed E-state index contributed by atoms with van der Waals surface area (Å²) in [6.07, 6.45) is 8.81. The molecule has 0 aliphatic heterocycles. The third-order valence-corrected chi connectivity index (χ3v) is 5.36. The molecule has 0 saturated heterocycles. The van der Waals surface area contributed by atoms with Crippen LogP contribution >= 0.6 is 0 Å². The third-order valence-electron chi connectivity index (χ3n) is 5.36. The van der Waals surface area contributed by atoms with Gasteiger partial charge in [-0.25, -0.2) is 18.7 Å². The summed E-state index contributed by atoms with van der Waals surface area (Å²) in [6.45, 7) is 0. The zero-order valence-electron chi connectivity index (χ0n) is 16.7. The van der Waals surface area contributed by atoms with Gasteiger partial charge in [-0.2, -0.15) is 0 Å². The molecular weight excluding hydrogens is 398 g/mol. The van der Waals surface area contributed by atoms with Gasteiger partial charge < -0.3 is 17.2 Å². The van der Waals surface area contributed by atoms with Gasteiger partial charge in [0, 0.05) is 35.3 Å². The molecule has 0 radical (unpaired) electrons. The molecule has 1 unspecified atom stereocenters. The van der Waals surface area contributed by atoms with Crippen LogP contribution in [0.25, 0.3) is 17.0 Å². The molecule has 0 amide bonds. The van der Waals surface area contributed by atoms with Crippen LogP contribution in [0.5, 0.6) is 0 Å². The normalized spacial score (nSPS) is 17.1. The van der Waals surface area contributed by atoms with Crippen molar-refractivity contribution in [2.24, 2.45) is 11.5 Å². The van der Waals surface area contributed by atoms with E-state index in [-0.39, 0.29) is 17.2 Å². The highest BCUT2D eigenvalue weighted by Gasteiger charge is 2.24. The molecule has 3 aromatic rings. The number of hydrogen-bond donors (Lipinski definition) is 3. The number of allylic oxidation sites excluding steroid dienone is 3. The van der Waals surface area contributed by atoms with E-state index in [1.165, 1.54) is 18.2 Å². The van der Waals surface area contributed by atoms with Gasteiger partial charge in [-0.1, -0.05) is 6.07 Å². The van der Waals surface area contributed by atoms with Crippen LogP contribution in [-0.4, -0.2) is 15.0 Å². The molecule has 2 aromatic heterocycles. The summed E-state index contributed by atoms with van der Waals surface area (Å²) in [5.41, 5.74) is 21.4. The molecule has 8 heteroatoms. The van der Waals surface area contributed by atoms with Crippen molar-refractivity contribution >= 4 is 11.5 Å². The standard InChI is InChI=1S/C23H22F2N6/c24-16-5-2-6-17(25)22(16)18(26)9-13-3-1-4-15(23(13)28)20-12-29-11-19(31-20)14-7-8-21(27)30-10-14/h2,5-12,15H,1,3-4,26,28H2,(H2,27,30)/b18-9-. The van der Waals surface area contributed by atoms with E-state index in [0.717, 1.165) is 24.0 Å². The first kappa shape index (κ1) is 20.5. The second-order valence-corrected chi connectivity index (χ2v) is 7.42. The predicted octanol–water partition coefficient (Wildman–Crippen LogP) is 3.88. The van der Waals surface area contributed by atoms with Gasteiger partial charge >= 0.3 is 0 Å². The predicted molar refractivity (Wildman–Crippen MR) is 116 cm³/mol. The Kier molecular flexibility index (Phi) is 5.62. The van der Waals surface area contributed by atoms with Gasteiger partial charge in [0.2, 0.25) is 0 Å². The first-order valence-corrected chi connectivity index (χ1v) is 9.88. The van der Waals surface area contributed by atoms with E-state index < -0.39 is 11.6 Å². The van der Waals surface area contributed by atoms with Gasteiger partial charge in [-0.15, -0.1) is 0 Å². The summed E-state index contributed by atoms with van der Waals surface area (Å²) >= 11 is 0. The Bertz CT molecular complexity index is 1150. The second kappa shape index (κ2) is 8.51. The molecule has 2 heterocycles.